The van der Waals surface area contributed by atoms with Crippen LogP contribution in [0.3, 0.4) is 0 Å². The van der Waals surface area contributed by atoms with Gasteiger partial charge in [0.05, 0.1) is 0 Å². The van der Waals surface area contributed by atoms with Gasteiger partial charge in [-0.05, 0) is 27.7 Å². The number of amides is 1. The van der Waals surface area contributed by atoms with E-state index in [0.717, 1.165) is 6.26 Å². The third kappa shape index (κ3) is 3.35. The second-order valence-electron chi connectivity index (χ2n) is 4.56. The molecular weight excluding hydrogens is 250 g/mol. The Morgan fingerprint density at radius 1 is 1.38 bits per heavy atom. The van der Waals surface area contributed by atoms with Gasteiger partial charge in [-0.25, -0.2) is 8.42 Å². The summed E-state index contributed by atoms with van der Waals surface area (Å²) in [5.74, 6) is -0.102. The largest absolute Gasteiger partial charge is 0.338 e. The van der Waals surface area contributed by atoms with Gasteiger partial charge in [-0.2, -0.15) is 0 Å². The first-order chi connectivity index (χ1) is 7.05. The number of hydrogen-bond acceptors (Lipinski definition) is 3. The molecule has 0 spiro atoms. The highest BCUT2D eigenvalue weighted by molar-refractivity contribution is 7.92. The number of carbonyl (C=O) groups excluding carboxylic acids is 1. The second kappa shape index (κ2) is 5.36. The van der Waals surface area contributed by atoms with E-state index < -0.39 is 20.5 Å². The maximum absolute atomic E-state index is 12.1. The van der Waals surface area contributed by atoms with Crippen LogP contribution in [0.15, 0.2) is 0 Å². The molecular formula is C10H20ClNO3S. The summed E-state index contributed by atoms with van der Waals surface area (Å²) in [4.78, 5) is 13.6. The lowest BCUT2D eigenvalue weighted by Gasteiger charge is -2.33. The summed E-state index contributed by atoms with van der Waals surface area (Å²) < 4.78 is 21.7. The van der Waals surface area contributed by atoms with Crippen molar-refractivity contribution in [2.45, 2.75) is 38.5 Å². The minimum absolute atomic E-state index is 0.0627. The Balaban J connectivity index is 5.16. The Morgan fingerprint density at radius 3 is 2.06 bits per heavy atom. The number of nitrogens with zero attached hydrogens (tertiary/aromatic N) is 1. The van der Waals surface area contributed by atoms with Gasteiger partial charge >= 0.3 is 0 Å². The van der Waals surface area contributed by atoms with Gasteiger partial charge in [0.25, 0.3) is 0 Å². The van der Waals surface area contributed by atoms with E-state index in [9.17, 15) is 13.2 Å². The van der Waals surface area contributed by atoms with Gasteiger partial charge in [-0.3, -0.25) is 4.79 Å². The third-order valence-electron chi connectivity index (χ3n) is 2.65. The molecule has 0 aromatic carbocycles. The molecule has 96 valence electrons. The van der Waals surface area contributed by atoms with Crippen LogP contribution >= 0.6 is 11.6 Å². The van der Waals surface area contributed by atoms with Crippen LogP contribution in [0.5, 0.6) is 0 Å². The van der Waals surface area contributed by atoms with Crippen LogP contribution in [0.2, 0.25) is 0 Å². The Kier molecular flexibility index (Phi) is 5.26. The van der Waals surface area contributed by atoms with Crippen molar-refractivity contribution in [3.8, 4) is 0 Å². The van der Waals surface area contributed by atoms with Gasteiger partial charge in [0, 0.05) is 24.7 Å². The standard InChI is InChI=1S/C10H20ClNO3S/c1-8(2)12(7-6-11)9(13)10(3,4)16(5,14)15/h8H,6-7H2,1-5H3. The molecule has 0 heterocycles. The molecule has 0 aliphatic carbocycles. The molecule has 0 bridgehead atoms. The summed E-state index contributed by atoms with van der Waals surface area (Å²) in [6.07, 6.45) is 1.07. The lowest BCUT2D eigenvalue weighted by atomic mass is 10.1. The van der Waals surface area contributed by atoms with Gasteiger partial charge < -0.3 is 4.90 Å². The van der Waals surface area contributed by atoms with Crippen molar-refractivity contribution in [3.05, 3.63) is 0 Å². The van der Waals surface area contributed by atoms with E-state index in [-0.39, 0.29) is 6.04 Å². The van der Waals surface area contributed by atoms with Gasteiger partial charge in [-0.1, -0.05) is 0 Å². The first kappa shape index (κ1) is 15.7. The molecule has 0 aromatic heterocycles. The number of carbonyl (C=O) groups is 1. The molecule has 0 fully saturated rings. The molecule has 16 heavy (non-hydrogen) atoms. The molecule has 4 nitrogen and oxygen atoms in total. The maximum Gasteiger partial charge on any atom is 0.243 e. The zero-order chi connectivity index (χ0) is 13.1. The fourth-order valence-corrected chi connectivity index (χ4v) is 1.81. The summed E-state index contributed by atoms with van der Waals surface area (Å²) in [6, 6.07) is -0.0627. The van der Waals surface area contributed by atoms with Crippen LogP contribution in [-0.4, -0.2) is 48.7 Å². The van der Waals surface area contributed by atoms with E-state index >= 15 is 0 Å². The molecule has 1 amide bonds. The fraction of sp³-hybridized carbons (Fsp3) is 0.900. The zero-order valence-electron chi connectivity index (χ0n) is 10.4. The highest BCUT2D eigenvalue weighted by atomic mass is 35.5. The molecule has 0 N–H and O–H groups in total. The molecule has 0 atom stereocenters. The van der Waals surface area contributed by atoms with Crippen molar-refractivity contribution in [2.24, 2.45) is 0 Å². The van der Waals surface area contributed by atoms with Crippen LogP contribution < -0.4 is 0 Å². The average Bonchev–Trinajstić information content (AvgIpc) is 2.10. The molecule has 0 aliphatic heterocycles. The summed E-state index contributed by atoms with van der Waals surface area (Å²) >= 11 is 5.61. The fourth-order valence-electron chi connectivity index (χ4n) is 1.19. The van der Waals surface area contributed by atoms with E-state index in [1.165, 1.54) is 18.7 Å². The predicted octanol–water partition coefficient (Wildman–Crippen LogP) is 1.29. The summed E-state index contributed by atoms with van der Waals surface area (Å²) in [5.41, 5.74) is 0. The molecule has 6 heteroatoms. The lowest BCUT2D eigenvalue weighted by molar-refractivity contribution is -0.134. The Bertz CT molecular complexity index is 349. The van der Waals surface area contributed by atoms with E-state index in [2.05, 4.69) is 0 Å². The van der Waals surface area contributed by atoms with Gasteiger partial charge in [0.15, 0.2) is 9.84 Å². The first-order valence-corrected chi connectivity index (χ1v) is 7.55. The van der Waals surface area contributed by atoms with Crippen molar-refractivity contribution in [3.63, 3.8) is 0 Å². The van der Waals surface area contributed by atoms with Crippen molar-refractivity contribution >= 4 is 27.3 Å². The average molecular weight is 270 g/mol. The Hall–Kier alpha value is -0.290. The molecule has 0 saturated carbocycles. The number of alkyl halides is 1. The van der Waals surface area contributed by atoms with Crippen molar-refractivity contribution in [2.75, 3.05) is 18.7 Å². The number of hydrogen-bond donors (Lipinski definition) is 0. The predicted molar refractivity (Wildman–Crippen MR) is 66.5 cm³/mol. The minimum atomic E-state index is -3.43. The molecule has 0 aromatic rings. The highest BCUT2D eigenvalue weighted by Crippen LogP contribution is 2.20. The summed E-state index contributed by atoms with van der Waals surface area (Å²) in [5, 5.41) is 0. The topological polar surface area (TPSA) is 54.5 Å². The molecule has 0 aliphatic rings. The zero-order valence-corrected chi connectivity index (χ0v) is 12.0. The third-order valence-corrected chi connectivity index (χ3v) is 4.85. The molecule has 0 unspecified atom stereocenters. The molecule has 0 rings (SSSR count). The first-order valence-electron chi connectivity index (χ1n) is 5.12. The van der Waals surface area contributed by atoms with E-state index in [1.807, 2.05) is 13.8 Å². The van der Waals surface area contributed by atoms with Crippen LogP contribution in [0.25, 0.3) is 0 Å². The SMILES string of the molecule is CC(C)N(CCCl)C(=O)C(C)(C)S(C)(=O)=O. The lowest BCUT2D eigenvalue weighted by Crippen LogP contribution is -2.52. The van der Waals surface area contributed by atoms with E-state index in [4.69, 9.17) is 11.6 Å². The van der Waals surface area contributed by atoms with Crippen LogP contribution in [0, 0.1) is 0 Å². The molecule has 0 radical (unpaired) electrons. The smallest absolute Gasteiger partial charge is 0.243 e. The number of sulfone groups is 1. The number of halogens is 1. The van der Waals surface area contributed by atoms with Crippen LogP contribution in [0.4, 0.5) is 0 Å². The summed E-state index contributed by atoms with van der Waals surface area (Å²) in [7, 11) is -3.43. The van der Waals surface area contributed by atoms with Crippen LogP contribution in [0.1, 0.15) is 27.7 Å². The minimum Gasteiger partial charge on any atom is -0.338 e. The van der Waals surface area contributed by atoms with Gasteiger partial charge in [-0.15, -0.1) is 11.6 Å². The van der Waals surface area contributed by atoms with Crippen molar-refractivity contribution in [1.29, 1.82) is 0 Å². The molecule has 0 saturated heterocycles. The second-order valence-corrected chi connectivity index (χ2v) is 7.51. The van der Waals surface area contributed by atoms with Crippen molar-refractivity contribution < 1.29 is 13.2 Å². The highest BCUT2D eigenvalue weighted by Gasteiger charge is 2.41. The van der Waals surface area contributed by atoms with E-state index in [1.54, 1.807) is 0 Å². The number of rotatable bonds is 5. The Labute approximate surface area is 103 Å². The van der Waals surface area contributed by atoms with Gasteiger partial charge in [0.2, 0.25) is 5.91 Å². The monoisotopic (exact) mass is 269 g/mol. The van der Waals surface area contributed by atoms with E-state index in [0.29, 0.717) is 12.4 Å². The maximum atomic E-state index is 12.1. The summed E-state index contributed by atoms with van der Waals surface area (Å²) in [6.45, 7) is 6.88. The quantitative estimate of drug-likeness (QED) is 0.707. The Morgan fingerprint density at radius 2 is 1.81 bits per heavy atom. The van der Waals surface area contributed by atoms with Gasteiger partial charge in [0.1, 0.15) is 4.75 Å². The van der Waals surface area contributed by atoms with Crippen LogP contribution in [-0.2, 0) is 14.6 Å². The normalized spacial score (nSPS) is 12.9. The van der Waals surface area contributed by atoms with Crippen molar-refractivity contribution in [1.82, 2.24) is 4.90 Å².